The van der Waals surface area contributed by atoms with Crippen LogP contribution in [0.1, 0.15) is 58.8 Å². The van der Waals surface area contributed by atoms with E-state index in [0.717, 1.165) is 38.7 Å². The van der Waals surface area contributed by atoms with Crippen molar-refractivity contribution in [3.8, 4) is 0 Å². The first-order chi connectivity index (χ1) is 12.5. The summed E-state index contributed by atoms with van der Waals surface area (Å²) in [4.78, 5) is 0. The molecule has 2 saturated carbocycles. The third-order valence-corrected chi connectivity index (χ3v) is 7.46. The third kappa shape index (κ3) is 2.89. The molecule has 0 aromatic rings. The Kier molecular flexibility index (Phi) is 4.31. The van der Waals surface area contributed by atoms with Gasteiger partial charge in [-0.05, 0) is 70.6 Å². The summed E-state index contributed by atoms with van der Waals surface area (Å²) in [5.74, 6) is 1.72. The zero-order valence-corrected chi connectivity index (χ0v) is 16.1. The Labute approximate surface area is 156 Å². The molecule has 3 aliphatic heterocycles. The van der Waals surface area contributed by atoms with Crippen LogP contribution in [0.4, 0.5) is 0 Å². The van der Waals surface area contributed by atoms with Crippen LogP contribution in [0.3, 0.4) is 0 Å². The van der Waals surface area contributed by atoms with E-state index in [-0.39, 0.29) is 17.9 Å². The number of fused-ring (bicyclic) bond motifs is 3. The predicted molar refractivity (Wildman–Crippen MR) is 98.5 cm³/mol. The van der Waals surface area contributed by atoms with Crippen molar-refractivity contribution >= 4 is 5.71 Å². The Hall–Kier alpha value is -0.690. The Morgan fingerprint density at radius 3 is 2.54 bits per heavy atom. The Morgan fingerprint density at radius 2 is 1.77 bits per heavy atom. The van der Waals surface area contributed by atoms with Crippen molar-refractivity contribution in [1.82, 2.24) is 5.01 Å². The van der Waals surface area contributed by atoms with Gasteiger partial charge in [0.2, 0.25) is 0 Å². The molecule has 5 aliphatic rings. The number of nitrogens with two attached hydrogens (primary N) is 1. The average molecular weight is 364 g/mol. The molecule has 5 rings (SSSR count). The predicted octanol–water partition coefficient (Wildman–Crippen LogP) is 2.47. The summed E-state index contributed by atoms with van der Waals surface area (Å²) < 4.78 is 17.9. The molecule has 5 atom stereocenters. The number of rotatable bonds is 1. The van der Waals surface area contributed by atoms with Gasteiger partial charge in [-0.15, -0.1) is 0 Å². The van der Waals surface area contributed by atoms with E-state index < -0.39 is 0 Å². The van der Waals surface area contributed by atoms with E-state index in [1.54, 1.807) is 0 Å². The molecule has 0 spiro atoms. The van der Waals surface area contributed by atoms with E-state index in [1.807, 2.05) is 0 Å². The number of hydrogen-bond donors (Lipinski definition) is 1. The van der Waals surface area contributed by atoms with Crippen molar-refractivity contribution in [2.24, 2.45) is 28.6 Å². The van der Waals surface area contributed by atoms with Crippen LogP contribution in [0.25, 0.3) is 0 Å². The SMILES string of the molecule is CC1(C)OCC2CC3CC4OCOC4CC3C(C3CCC(N)CC3)=NN21. The fourth-order valence-corrected chi connectivity index (χ4v) is 5.99. The molecule has 6 nitrogen and oxygen atoms in total. The van der Waals surface area contributed by atoms with Gasteiger partial charge in [-0.2, -0.15) is 5.10 Å². The zero-order valence-electron chi connectivity index (χ0n) is 16.1. The fraction of sp³-hybridized carbons (Fsp3) is 0.950. The van der Waals surface area contributed by atoms with Gasteiger partial charge in [0.05, 0.1) is 24.9 Å². The molecule has 0 amide bonds. The number of nitrogens with zero attached hydrogens (tertiary/aromatic N) is 2. The maximum absolute atomic E-state index is 6.18. The van der Waals surface area contributed by atoms with E-state index >= 15 is 0 Å². The molecule has 0 aromatic heterocycles. The maximum Gasteiger partial charge on any atom is 0.151 e. The second-order valence-electron chi connectivity index (χ2n) is 9.49. The summed E-state index contributed by atoms with van der Waals surface area (Å²) in [6.07, 6.45) is 8.45. The molecular formula is C20H33N3O3. The normalized spacial score (nSPS) is 47.6. The summed E-state index contributed by atoms with van der Waals surface area (Å²) in [6, 6.07) is 0.759. The van der Waals surface area contributed by atoms with Crippen LogP contribution in [0.2, 0.25) is 0 Å². The van der Waals surface area contributed by atoms with Gasteiger partial charge in [-0.1, -0.05) is 0 Å². The van der Waals surface area contributed by atoms with Crippen molar-refractivity contribution in [1.29, 1.82) is 0 Å². The van der Waals surface area contributed by atoms with Gasteiger partial charge < -0.3 is 19.9 Å². The first kappa shape index (κ1) is 17.4. The number of hydrogen-bond acceptors (Lipinski definition) is 6. The topological polar surface area (TPSA) is 69.3 Å². The van der Waals surface area contributed by atoms with Crippen LogP contribution in [-0.4, -0.2) is 54.1 Å². The monoisotopic (exact) mass is 363 g/mol. The molecular weight excluding hydrogens is 330 g/mol. The first-order valence-electron chi connectivity index (χ1n) is 10.5. The van der Waals surface area contributed by atoms with Crippen LogP contribution < -0.4 is 5.73 Å². The smallest absolute Gasteiger partial charge is 0.151 e. The largest absolute Gasteiger partial charge is 0.353 e. The van der Waals surface area contributed by atoms with Gasteiger partial charge >= 0.3 is 0 Å². The summed E-state index contributed by atoms with van der Waals surface area (Å²) >= 11 is 0. The maximum atomic E-state index is 6.18. The highest BCUT2D eigenvalue weighted by Gasteiger charge is 2.50. The van der Waals surface area contributed by atoms with E-state index in [9.17, 15) is 0 Å². The molecule has 2 N–H and O–H groups in total. The van der Waals surface area contributed by atoms with E-state index in [1.165, 1.54) is 18.6 Å². The highest BCUT2D eigenvalue weighted by Crippen LogP contribution is 2.46. The van der Waals surface area contributed by atoms with Crippen LogP contribution in [0, 0.1) is 17.8 Å². The molecule has 5 unspecified atom stereocenters. The minimum atomic E-state index is -0.308. The molecule has 0 bridgehead atoms. The standard InChI is InChI=1S/C20H33N3O3/c1-20(2)23-15(10-26-20)7-13-8-17-18(25-11-24-17)9-16(13)19(22-23)12-3-5-14(21)6-4-12/h12-18H,3-11,21H2,1-2H3. The Balaban J connectivity index is 1.48. The van der Waals surface area contributed by atoms with Crippen molar-refractivity contribution in [3.05, 3.63) is 0 Å². The van der Waals surface area contributed by atoms with Crippen molar-refractivity contribution in [2.75, 3.05) is 13.4 Å². The second-order valence-corrected chi connectivity index (χ2v) is 9.49. The lowest BCUT2D eigenvalue weighted by molar-refractivity contribution is -0.0530. The molecule has 146 valence electrons. The first-order valence-corrected chi connectivity index (χ1v) is 10.5. The summed E-state index contributed by atoms with van der Waals surface area (Å²) in [5, 5.41) is 7.61. The van der Waals surface area contributed by atoms with Crippen LogP contribution in [-0.2, 0) is 14.2 Å². The number of ether oxygens (including phenoxy) is 3. The van der Waals surface area contributed by atoms with E-state index in [2.05, 4.69) is 18.9 Å². The lowest BCUT2D eigenvalue weighted by atomic mass is 9.67. The van der Waals surface area contributed by atoms with Gasteiger partial charge in [0, 0.05) is 17.7 Å². The molecule has 4 fully saturated rings. The molecule has 2 aliphatic carbocycles. The van der Waals surface area contributed by atoms with Gasteiger partial charge in [-0.25, -0.2) is 0 Å². The molecule has 0 radical (unpaired) electrons. The summed E-state index contributed by atoms with van der Waals surface area (Å²) in [5.41, 5.74) is 7.29. The Bertz CT molecular complexity index is 573. The molecule has 0 aromatic carbocycles. The minimum Gasteiger partial charge on any atom is -0.353 e. The highest BCUT2D eigenvalue weighted by molar-refractivity contribution is 5.89. The van der Waals surface area contributed by atoms with Gasteiger partial charge in [-0.3, -0.25) is 5.01 Å². The van der Waals surface area contributed by atoms with Crippen LogP contribution in [0.5, 0.6) is 0 Å². The summed E-state index contributed by atoms with van der Waals surface area (Å²) in [6.45, 7) is 5.56. The molecule has 26 heavy (non-hydrogen) atoms. The van der Waals surface area contributed by atoms with Crippen molar-refractivity contribution < 1.29 is 14.2 Å². The second kappa shape index (κ2) is 6.43. The fourth-order valence-electron chi connectivity index (χ4n) is 5.99. The van der Waals surface area contributed by atoms with Gasteiger partial charge in [0.15, 0.2) is 5.72 Å². The van der Waals surface area contributed by atoms with Crippen LogP contribution in [0.15, 0.2) is 5.10 Å². The quantitative estimate of drug-likeness (QED) is 0.775. The van der Waals surface area contributed by atoms with Crippen LogP contribution >= 0.6 is 0 Å². The zero-order chi connectivity index (χ0) is 17.9. The van der Waals surface area contributed by atoms with Gasteiger partial charge in [0.1, 0.15) is 6.79 Å². The lowest BCUT2D eigenvalue weighted by Crippen LogP contribution is -2.43. The minimum absolute atomic E-state index is 0.254. The molecule has 2 saturated heterocycles. The third-order valence-electron chi connectivity index (χ3n) is 7.46. The van der Waals surface area contributed by atoms with Crippen molar-refractivity contribution in [2.45, 2.75) is 88.8 Å². The Morgan fingerprint density at radius 1 is 1.04 bits per heavy atom. The van der Waals surface area contributed by atoms with E-state index in [4.69, 9.17) is 25.0 Å². The highest BCUT2D eigenvalue weighted by atomic mass is 16.7. The lowest BCUT2D eigenvalue weighted by Gasteiger charge is -2.39. The van der Waals surface area contributed by atoms with Crippen molar-refractivity contribution in [3.63, 3.8) is 0 Å². The summed E-state index contributed by atoms with van der Waals surface area (Å²) in [7, 11) is 0. The average Bonchev–Trinajstić information content (AvgIpc) is 3.12. The number of hydrazone groups is 1. The van der Waals surface area contributed by atoms with E-state index in [0.29, 0.717) is 36.6 Å². The van der Waals surface area contributed by atoms with Gasteiger partial charge in [0.25, 0.3) is 0 Å². The molecule has 3 heterocycles. The molecule has 6 heteroatoms.